The van der Waals surface area contributed by atoms with Crippen LogP contribution in [0.1, 0.15) is 24.5 Å². The average Bonchev–Trinajstić information content (AvgIpc) is 3.74. The number of halogens is 4. The second-order valence-corrected chi connectivity index (χ2v) is 12.5. The van der Waals surface area contributed by atoms with Crippen LogP contribution in [0.15, 0.2) is 51.6 Å². The Morgan fingerprint density at radius 2 is 1.94 bits per heavy atom. The van der Waals surface area contributed by atoms with Gasteiger partial charge in [-0.3, -0.25) is 19.4 Å². The third-order valence-corrected chi connectivity index (χ3v) is 8.62. The molecule has 2 fully saturated rings. The number of carbonyl (C=O) groups excluding carboxylic acids is 2. The van der Waals surface area contributed by atoms with Crippen LogP contribution < -0.4 is 10.6 Å². The Balaban J connectivity index is 1.24. The second kappa shape index (κ2) is 16.2. The van der Waals surface area contributed by atoms with Gasteiger partial charge in [-0.05, 0) is 49.2 Å². The molecule has 1 aromatic carbocycles. The predicted molar refractivity (Wildman–Crippen MR) is 164 cm³/mol. The van der Waals surface area contributed by atoms with Crippen molar-refractivity contribution in [1.29, 1.82) is 0 Å². The number of nitrogens with zero attached hydrogens (tertiary/aromatic N) is 4. The van der Waals surface area contributed by atoms with Crippen molar-refractivity contribution in [2.45, 2.75) is 56.3 Å². The highest BCUT2D eigenvalue weighted by atomic mass is 35.5. The topological polar surface area (TPSA) is 166 Å². The molecule has 3 aromatic rings. The van der Waals surface area contributed by atoms with Gasteiger partial charge in [0.05, 0.1) is 31.4 Å². The van der Waals surface area contributed by atoms with Gasteiger partial charge in [-0.25, -0.2) is 0 Å². The lowest BCUT2D eigenvalue weighted by molar-refractivity contribution is -0.143. The van der Waals surface area contributed by atoms with Gasteiger partial charge in [0.2, 0.25) is 24.1 Å². The molecule has 13 nitrogen and oxygen atoms in total. The van der Waals surface area contributed by atoms with Crippen molar-refractivity contribution in [3.63, 3.8) is 0 Å². The summed E-state index contributed by atoms with van der Waals surface area (Å²) in [6.45, 7) is -0.0839. The number of amides is 2. The van der Waals surface area contributed by atoms with Crippen molar-refractivity contribution in [2.75, 3.05) is 45.9 Å². The maximum atomic E-state index is 13.3. The van der Waals surface area contributed by atoms with Crippen molar-refractivity contribution < 1.29 is 46.5 Å². The number of hydrogen-bond acceptors (Lipinski definition) is 11. The molecule has 2 aliphatic rings. The Kier molecular flexibility index (Phi) is 12.1. The molecule has 2 aliphatic heterocycles. The van der Waals surface area contributed by atoms with Crippen LogP contribution in [0.4, 0.5) is 13.2 Å². The van der Waals surface area contributed by atoms with Crippen molar-refractivity contribution >= 4 is 23.4 Å². The zero-order valence-electron chi connectivity index (χ0n) is 25.9. The van der Waals surface area contributed by atoms with Gasteiger partial charge in [0, 0.05) is 55.7 Å². The van der Waals surface area contributed by atoms with E-state index in [2.05, 4.69) is 15.5 Å². The highest BCUT2D eigenvalue weighted by Crippen LogP contribution is 2.26. The second-order valence-electron chi connectivity index (χ2n) is 12.0. The molecule has 0 saturated carbocycles. The van der Waals surface area contributed by atoms with E-state index < -0.39 is 54.7 Å². The maximum Gasteiger partial charge on any atom is 0.405 e. The van der Waals surface area contributed by atoms with E-state index in [9.17, 15) is 33.0 Å². The zero-order valence-corrected chi connectivity index (χ0v) is 26.7. The van der Waals surface area contributed by atoms with Crippen molar-refractivity contribution in [3.05, 3.63) is 59.5 Å². The first kappa shape index (κ1) is 35.8. The number of ether oxygens (including phenoxy) is 1. The molecule has 0 spiro atoms. The number of aromatic nitrogens is 2. The van der Waals surface area contributed by atoms with Gasteiger partial charge in [-0.1, -0.05) is 11.6 Å². The quantitative estimate of drug-likeness (QED) is 0.206. The first-order valence-electron chi connectivity index (χ1n) is 15.6. The minimum absolute atomic E-state index is 0.00659. The van der Waals surface area contributed by atoms with Gasteiger partial charge in [0.15, 0.2) is 0 Å². The van der Waals surface area contributed by atoms with Crippen molar-refractivity contribution in [3.8, 4) is 11.3 Å². The molecular weight excluding hydrogens is 661 g/mol. The van der Waals surface area contributed by atoms with E-state index in [0.29, 0.717) is 42.7 Å². The Labute approximate surface area is 279 Å². The van der Waals surface area contributed by atoms with E-state index in [-0.39, 0.29) is 45.0 Å². The van der Waals surface area contributed by atoms with Gasteiger partial charge in [-0.2, -0.15) is 13.2 Å². The van der Waals surface area contributed by atoms with Gasteiger partial charge in [0.25, 0.3) is 0 Å². The lowest BCUT2D eigenvalue weighted by Crippen LogP contribution is -2.60. The number of rotatable bonds is 13. The molecule has 17 heteroatoms. The molecule has 2 aromatic heterocycles. The number of alkyl halides is 3. The van der Waals surface area contributed by atoms with Gasteiger partial charge in [-0.15, -0.1) is 10.2 Å². The van der Waals surface area contributed by atoms with E-state index in [1.54, 1.807) is 23.1 Å². The molecule has 0 unspecified atom stereocenters. The number of β-amino-alcohol motifs (C(OH)–C–C–N with tert-alkyl or cyclic N) is 1. The fraction of sp³-hybridized carbons (Fsp3) is 0.548. The summed E-state index contributed by atoms with van der Waals surface area (Å²) in [5.74, 6) is -0.730. The number of carbonyl (C=O) groups is 2. The molecule has 0 radical (unpaired) electrons. The Hall–Kier alpha value is -3.54. The monoisotopic (exact) mass is 698 g/mol. The molecule has 4 N–H and O–H groups in total. The van der Waals surface area contributed by atoms with E-state index in [4.69, 9.17) is 25.2 Å². The number of aliphatic hydroxyl groups is 2. The summed E-state index contributed by atoms with van der Waals surface area (Å²) in [5, 5.41) is 34.3. The summed E-state index contributed by atoms with van der Waals surface area (Å²) in [4.78, 5) is 30.0. The summed E-state index contributed by atoms with van der Waals surface area (Å²) in [6.07, 6.45) is -5.20. The van der Waals surface area contributed by atoms with E-state index in [1.165, 1.54) is 0 Å². The summed E-state index contributed by atoms with van der Waals surface area (Å²) in [7, 11) is 0. The van der Waals surface area contributed by atoms with Crippen LogP contribution in [0.2, 0.25) is 5.02 Å². The summed E-state index contributed by atoms with van der Waals surface area (Å²) in [5.41, 5.74) is 0.823. The molecule has 262 valence electrons. The molecule has 5 rings (SSSR count). The zero-order chi connectivity index (χ0) is 34.3. The van der Waals surface area contributed by atoms with Crippen LogP contribution in [-0.4, -0.2) is 118 Å². The highest BCUT2D eigenvalue weighted by Gasteiger charge is 2.37. The van der Waals surface area contributed by atoms with Crippen LogP contribution in [0.3, 0.4) is 0 Å². The highest BCUT2D eigenvalue weighted by molar-refractivity contribution is 6.30. The molecule has 0 aliphatic carbocycles. The fourth-order valence-electron chi connectivity index (χ4n) is 5.89. The van der Waals surface area contributed by atoms with Crippen LogP contribution in [-0.2, 0) is 27.3 Å². The lowest BCUT2D eigenvalue weighted by atomic mass is 9.94. The largest absolute Gasteiger partial charge is 0.460 e. The Morgan fingerprint density at radius 1 is 1.15 bits per heavy atom. The SMILES string of the molecule is O=C(N[C@H]1CCOC[C@H]1O)[C@H](Cc1nnco1)C[C@H](O)CN1CCN(Cc2ccc(-c3ccc(Cl)cc3)o2)C[C@H]1C(=O)NCC(F)(F)F. The molecular formula is C31H38ClF3N6O7. The van der Waals surface area contributed by atoms with Crippen molar-refractivity contribution in [2.24, 2.45) is 5.92 Å². The third-order valence-electron chi connectivity index (χ3n) is 8.36. The minimum Gasteiger partial charge on any atom is -0.460 e. The van der Waals surface area contributed by atoms with E-state index in [0.717, 1.165) is 12.0 Å². The minimum atomic E-state index is -4.60. The number of furan rings is 1. The third kappa shape index (κ3) is 10.2. The van der Waals surface area contributed by atoms with Gasteiger partial charge >= 0.3 is 6.18 Å². The Bertz CT molecular complexity index is 1480. The van der Waals surface area contributed by atoms with Gasteiger partial charge < -0.3 is 34.4 Å². The smallest absolute Gasteiger partial charge is 0.405 e. The molecule has 4 heterocycles. The summed E-state index contributed by atoms with van der Waals surface area (Å²) in [6, 6.07) is 9.16. The molecule has 48 heavy (non-hydrogen) atoms. The number of aliphatic hydroxyl groups excluding tert-OH is 2. The number of benzene rings is 1. The van der Waals surface area contributed by atoms with Gasteiger partial charge in [0.1, 0.15) is 24.1 Å². The maximum absolute atomic E-state index is 13.3. The van der Waals surface area contributed by atoms with E-state index >= 15 is 0 Å². The number of hydrogen-bond donors (Lipinski definition) is 4. The average molecular weight is 699 g/mol. The predicted octanol–water partition coefficient (Wildman–Crippen LogP) is 2.02. The molecule has 2 saturated heterocycles. The normalized spacial score (nSPS) is 22.2. The fourth-order valence-corrected chi connectivity index (χ4v) is 6.02. The summed E-state index contributed by atoms with van der Waals surface area (Å²) >= 11 is 5.98. The first-order valence-corrected chi connectivity index (χ1v) is 16.0. The molecule has 0 bridgehead atoms. The standard InChI is InChI=1S/C31H38ClF3N6O7/c32-21-3-1-19(2-4-21)27-6-5-23(48-27)14-40-8-9-41(25(15-40)30(45)36-17-31(33,34)35)13-22(42)11-20(12-28-39-37-18-47-28)29(44)38-24-7-10-46-16-26(24)43/h1-6,18,20,22,24-26,42-43H,7-17H2,(H,36,45)(H,38,44)/t20-,22-,24-,25-,26+/m0/s1. The Morgan fingerprint density at radius 3 is 2.65 bits per heavy atom. The number of nitrogens with one attached hydrogen (secondary N) is 2. The van der Waals surface area contributed by atoms with Crippen LogP contribution in [0.25, 0.3) is 11.3 Å². The molecule has 2 amide bonds. The molecule has 5 atom stereocenters. The van der Waals surface area contributed by atoms with E-state index in [1.807, 2.05) is 28.4 Å². The summed E-state index contributed by atoms with van der Waals surface area (Å²) < 4.78 is 55.5. The number of piperazine rings is 1. The van der Waals surface area contributed by atoms with Crippen LogP contribution in [0, 0.1) is 5.92 Å². The van der Waals surface area contributed by atoms with Crippen LogP contribution in [0.5, 0.6) is 0 Å². The first-order chi connectivity index (χ1) is 22.9. The van der Waals surface area contributed by atoms with Crippen LogP contribution >= 0.6 is 11.6 Å². The van der Waals surface area contributed by atoms with Crippen molar-refractivity contribution in [1.82, 2.24) is 30.6 Å². The lowest BCUT2D eigenvalue weighted by Gasteiger charge is -2.41.